The van der Waals surface area contributed by atoms with Gasteiger partial charge in [0.15, 0.2) is 0 Å². The van der Waals surface area contributed by atoms with Crippen LogP contribution in [-0.4, -0.2) is 48.9 Å². The van der Waals surface area contributed by atoms with E-state index in [0.717, 1.165) is 12.0 Å². The van der Waals surface area contributed by atoms with Gasteiger partial charge in [-0.1, -0.05) is 12.1 Å². The van der Waals surface area contributed by atoms with Crippen molar-refractivity contribution in [3.63, 3.8) is 0 Å². The van der Waals surface area contributed by atoms with Gasteiger partial charge >= 0.3 is 0 Å². The number of benzene rings is 1. The average Bonchev–Trinajstić information content (AvgIpc) is 2.64. The number of amides is 2. The molecular weight excluding hydrogens is 306 g/mol. The third-order valence-electron chi connectivity index (χ3n) is 3.66. The van der Waals surface area contributed by atoms with Crippen LogP contribution in [0, 0.1) is 0 Å². The Morgan fingerprint density at radius 3 is 2.58 bits per heavy atom. The number of likely N-dealkylation sites (N-methyl/N-ethyl adjacent to an activating group) is 1. The number of carbonyl (C=O) groups is 2. The highest BCUT2D eigenvalue weighted by Crippen LogP contribution is 2.16. The minimum absolute atomic E-state index is 0.0519. The Labute approximate surface area is 141 Å². The van der Waals surface area contributed by atoms with Crippen LogP contribution >= 0.6 is 0 Å². The predicted octanol–water partition coefficient (Wildman–Crippen LogP) is 1.52. The Morgan fingerprint density at radius 2 is 1.88 bits per heavy atom. The third kappa shape index (κ3) is 4.81. The first-order valence-corrected chi connectivity index (χ1v) is 7.66. The highest BCUT2D eigenvalue weighted by molar-refractivity contribution is 5.98. The Bertz CT molecular complexity index is 689. The fourth-order valence-electron chi connectivity index (χ4n) is 2.19. The predicted molar refractivity (Wildman–Crippen MR) is 90.9 cm³/mol. The zero-order valence-electron chi connectivity index (χ0n) is 13.9. The lowest BCUT2D eigenvalue weighted by Gasteiger charge is -2.17. The van der Waals surface area contributed by atoms with Gasteiger partial charge in [-0.2, -0.15) is 0 Å². The molecule has 2 rings (SSSR count). The van der Waals surface area contributed by atoms with Gasteiger partial charge < -0.3 is 15.0 Å². The summed E-state index contributed by atoms with van der Waals surface area (Å²) in [4.78, 5) is 29.8. The largest absolute Gasteiger partial charge is 0.496 e. The molecule has 1 N–H and O–H groups in total. The highest BCUT2D eigenvalue weighted by Gasteiger charge is 2.14. The molecule has 126 valence electrons. The van der Waals surface area contributed by atoms with Gasteiger partial charge in [-0.05, 0) is 36.2 Å². The number of nitrogens with zero attached hydrogens (tertiary/aromatic N) is 2. The van der Waals surface area contributed by atoms with Crippen molar-refractivity contribution in [1.82, 2.24) is 15.2 Å². The fraction of sp³-hybridized carbons (Fsp3) is 0.278. The molecule has 0 aliphatic rings. The van der Waals surface area contributed by atoms with Crippen molar-refractivity contribution in [3.8, 4) is 5.75 Å². The van der Waals surface area contributed by atoms with E-state index in [1.807, 2.05) is 12.1 Å². The summed E-state index contributed by atoms with van der Waals surface area (Å²) in [5.41, 5.74) is 1.52. The maximum Gasteiger partial charge on any atom is 0.255 e. The summed E-state index contributed by atoms with van der Waals surface area (Å²) < 4.78 is 5.15. The zero-order chi connectivity index (χ0) is 17.4. The van der Waals surface area contributed by atoms with E-state index in [0.29, 0.717) is 17.9 Å². The zero-order valence-corrected chi connectivity index (χ0v) is 13.9. The number of rotatable bonds is 7. The van der Waals surface area contributed by atoms with Gasteiger partial charge in [-0.15, -0.1) is 0 Å². The van der Waals surface area contributed by atoms with Crippen molar-refractivity contribution in [3.05, 3.63) is 59.9 Å². The highest BCUT2D eigenvalue weighted by atomic mass is 16.5. The third-order valence-corrected chi connectivity index (χ3v) is 3.66. The second-order valence-corrected chi connectivity index (χ2v) is 5.30. The quantitative estimate of drug-likeness (QED) is 0.837. The molecule has 1 aromatic carbocycles. The number of carbonyl (C=O) groups excluding carboxylic acids is 2. The number of aromatic nitrogens is 1. The van der Waals surface area contributed by atoms with Crippen LogP contribution < -0.4 is 10.1 Å². The van der Waals surface area contributed by atoms with E-state index in [1.165, 1.54) is 7.11 Å². The van der Waals surface area contributed by atoms with Gasteiger partial charge in [-0.3, -0.25) is 14.6 Å². The molecular formula is C18H21N3O3. The number of hydrogen-bond donors (Lipinski definition) is 1. The minimum Gasteiger partial charge on any atom is -0.496 e. The van der Waals surface area contributed by atoms with Gasteiger partial charge in [0, 0.05) is 26.0 Å². The number of pyridine rings is 1. The van der Waals surface area contributed by atoms with Crippen molar-refractivity contribution in [1.29, 1.82) is 0 Å². The van der Waals surface area contributed by atoms with Crippen molar-refractivity contribution >= 4 is 11.8 Å². The molecule has 0 aliphatic carbocycles. The standard InChI is InChI=1S/C18H21N3O3/c1-21(12-9-14-7-10-19-11-8-14)17(22)13-20-18(23)15-5-3-4-6-16(15)24-2/h3-8,10-11H,9,12-13H2,1-2H3,(H,20,23). The molecule has 2 amide bonds. The summed E-state index contributed by atoms with van der Waals surface area (Å²) >= 11 is 0. The van der Waals surface area contributed by atoms with Crippen molar-refractivity contribution < 1.29 is 14.3 Å². The molecule has 0 unspecified atom stereocenters. The smallest absolute Gasteiger partial charge is 0.255 e. The first-order valence-electron chi connectivity index (χ1n) is 7.66. The Morgan fingerprint density at radius 1 is 1.17 bits per heavy atom. The van der Waals surface area contributed by atoms with Crippen molar-refractivity contribution in [2.45, 2.75) is 6.42 Å². The maximum absolute atomic E-state index is 12.2. The lowest BCUT2D eigenvalue weighted by molar-refractivity contribution is -0.128. The maximum atomic E-state index is 12.2. The molecule has 0 saturated heterocycles. The molecule has 0 radical (unpaired) electrons. The molecule has 0 bridgehead atoms. The molecule has 6 heteroatoms. The molecule has 0 aliphatic heterocycles. The molecule has 2 aromatic rings. The molecule has 1 heterocycles. The lowest BCUT2D eigenvalue weighted by Crippen LogP contribution is -2.39. The summed E-state index contributed by atoms with van der Waals surface area (Å²) in [6.07, 6.45) is 4.19. The van der Waals surface area contributed by atoms with Crippen LogP contribution in [0.25, 0.3) is 0 Å². The number of nitrogens with one attached hydrogen (secondary N) is 1. The molecule has 1 aromatic heterocycles. The number of para-hydroxylation sites is 1. The van der Waals surface area contributed by atoms with Gasteiger partial charge in [0.05, 0.1) is 19.2 Å². The first kappa shape index (κ1) is 17.5. The van der Waals surface area contributed by atoms with Crippen LogP contribution in [0.2, 0.25) is 0 Å². The monoisotopic (exact) mass is 327 g/mol. The van der Waals surface area contributed by atoms with Crippen LogP contribution in [0.4, 0.5) is 0 Å². The molecule has 6 nitrogen and oxygen atoms in total. The van der Waals surface area contributed by atoms with E-state index in [1.54, 1.807) is 48.6 Å². The van der Waals surface area contributed by atoms with Crippen molar-refractivity contribution in [2.75, 3.05) is 27.2 Å². The van der Waals surface area contributed by atoms with Crippen LogP contribution in [-0.2, 0) is 11.2 Å². The first-order chi connectivity index (χ1) is 11.6. The van der Waals surface area contributed by atoms with Crippen LogP contribution in [0.3, 0.4) is 0 Å². The molecule has 0 fully saturated rings. The average molecular weight is 327 g/mol. The minimum atomic E-state index is -0.330. The Hall–Kier alpha value is -2.89. The molecule has 24 heavy (non-hydrogen) atoms. The SMILES string of the molecule is COc1ccccc1C(=O)NCC(=O)N(C)CCc1ccncc1. The van der Waals surface area contributed by atoms with Crippen molar-refractivity contribution in [2.24, 2.45) is 0 Å². The van der Waals surface area contributed by atoms with Gasteiger partial charge in [0.1, 0.15) is 5.75 Å². The van der Waals surface area contributed by atoms with E-state index >= 15 is 0 Å². The summed E-state index contributed by atoms with van der Waals surface area (Å²) in [5.74, 6) is 0.00382. The van der Waals surface area contributed by atoms with E-state index in [2.05, 4.69) is 10.3 Å². The number of hydrogen-bond acceptors (Lipinski definition) is 4. The second-order valence-electron chi connectivity index (χ2n) is 5.30. The Balaban J connectivity index is 1.82. The van der Waals surface area contributed by atoms with Crippen LogP contribution in [0.5, 0.6) is 5.75 Å². The van der Waals surface area contributed by atoms with Crippen LogP contribution in [0.15, 0.2) is 48.8 Å². The molecule has 0 atom stereocenters. The number of methoxy groups -OCH3 is 1. The summed E-state index contributed by atoms with van der Waals surface area (Å²) in [7, 11) is 3.23. The lowest BCUT2D eigenvalue weighted by atomic mass is 10.2. The summed E-state index contributed by atoms with van der Waals surface area (Å²) in [6.45, 7) is 0.525. The topological polar surface area (TPSA) is 71.5 Å². The number of ether oxygens (including phenoxy) is 1. The normalized spacial score (nSPS) is 10.1. The van der Waals surface area contributed by atoms with E-state index < -0.39 is 0 Å². The van der Waals surface area contributed by atoms with Gasteiger partial charge in [0.25, 0.3) is 5.91 Å². The van der Waals surface area contributed by atoms with E-state index in [-0.39, 0.29) is 18.4 Å². The summed E-state index contributed by atoms with van der Waals surface area (Å²) in [5, 5.41) is 2.63. The van der Waals surface area contributed by atoms with Gasteiger partial charge in [0.2, 0.25) is 5.91 Å². The van der Waals surface area contributed by atoms with E-state index in [9.17, 15) is 9.59 Å². The molecule has 0 saturated carbocycles. The second kappa shape index (κ2) is 8.67. The summed E-state index contributed by atoms with van der Waals surface area (Å²) in [6, 6.07) is 10.7. The fourth-order valence-corrected chi connectivity index (χ4v) is 2.19. The van der Waals surface area contributed by atoms with Crippen LogP contribution in [0.1, 0.15) is 15.9 Å². The molecule has 0 spiro atoms. The Kier molecular flexibility index (Phi) is 6.31. The van der Waals surface area contributed by atoms with Gasteiger partial charge in [-0.25, -0.2) is 0 Å². The van der Waals surface area contributed by atoms with E-state index in [4.69, 9.17) is 4.74 Å².